The van der Waals surface area contributed by atoms with Crippen molar-refractivity contribution in [2.24, 2.45) is 0 Å². The van der Waals surface area contributed by atoms with Crippen LogP contribution in [0.25, 0.3) is 22.2 Å². The lowest BCUT2D eigenvalue weighted by Crippen LogP contribution is -1.91. The minimum atomic E-state index is 0.863. The van der Waals surface area contributed by atoms with Crippen LogP contribution in [-0.4, -0.2) is 12.1 Å². The van der Waals surface area contributed by atoms with E-state index in [0.717, 1.165) is 22.3 Å². The van der Waals surface area contributed by atoms with Crippen LogP contribution in [0.5, 0.6) is 5.75 Å². The molecule has 0 radical (unpaired) electrons. The lowest BCUT2D eigenvalue weighted by molar-refractivity contribution is 0.415. The van der Waals surface area contributed by atoms with Crippen molar-refractivity contribution >= 4 is 10.9 Å². The zero-order valence-corrected chi connectivity index (χ0v) is 12.0. The number of benzene rings is 2. The standard InChI is InChI=1S/C18H17NO/c1-12-5-4-6-14(9-12)18-13(2)10-15-11-16(20-3)7-8-17(15)19-18/h4-11H,1-3H3. The summed E-state index contributed by atoms with van der Waals surface area (Å²) in [6.45, 7) is 4.20. The number of pyridine rings is 1. The second-order valence-electron chi connectivity index (χ2n) is 5.08. The van der Waals surface area contributed by atoms with Gasteiger partial charge in [0.25, 0.3) is 0 Å². The maximum Gasteiger partial charge on any atom is 0.119 e. The van der Waals surface area contributed by atoms with Crippen LogP contribution in [0.4, 0.5) is 0 Å². The van der Waals surface area contributed by atoms with Crippen LogP contribution in [0.15, 0.2) is 48.5 Å². The number of hydrogen-bond acceptors (Lipinski definition) is 2. The summed E-state index contributed by atoms with van der Waals surface area (Å²) in [4.78, 5) is 4.81. The summed E-state index contributed by atoms with van der Waals surface area (Å²) in [7, 11) is 1.68. The minimum absolute atomic E-state index is 0.863. The van der Waals surface area contributed by atoms with Crippen LogP contribution in [0.3, 0.4) is 0 Å². The molecule has 0 aliphatic rings. The third-order valence-corrected chi connectivity index (χ3v) is 3.50. The van der Waals surface area contributed by atoms with Gasteiger partial charge in [-0.15, -0.1) is 0 Å². The topological polar surface area (TPSA) is 22.1 Å². The van der Waals surface area contributed by atoms with Gasteiger partial charge in [0.05, 0.1) is 18.3 Å². The van der Waals surface area contributed by atoms with E-state index in [9.17, 15) is 0 Å². The van der Waals surface area contributed by atoms with E-state index in [1.807, 2.05) is 18.2 Å². The van der Waals surface area contributed by atoms with Crippen molar-refractivity contribution in [3.8, 4) is 17.0 Å². The van der Waals surface area contributed by atoms with Crippen molar-refractivity contribution in [3.05, 3.63) is 59.7 Å². The molecule has 1 aromatic heterocycles. The molecule has 0 aliphatic heterocycles. The fourth-order valence-electron chi connectivity index (χ4n) is 2.47. The highest BCUT2D eigenvalue weighted by Crippen LogP contribution is 2.27. The molecule has 0 atom stereocenters. The molecule has 1 heterocycles. The summed E-state index contributed by atoms with van der Waals surface area (Å²) in [5, 5.41) is 1.11. The Morgan fingerprint density at radius 1 is 0.950 bits per heavy atom. The molecule has 0 saturated carbocycles. The summed E-state index contributed by atoms with van der Waals surface area (Å²) in [5.74, 6) is 0.863. The van der Waals surface area contributed by atoms with Crippen LogP contribution >= 0.6 is 0 Å². The average molecular weight is 263 g/mol. The Hall–Kier alpha value is -2.35. The fraction of sp³-hybridized carbons (Fsp3) is 0.167. The molecule has 0 amide bonds. The minimum Gasteiger partial charge on any atom is -0.497 e. The number of fused-ring (bicyclic) bond motifs is 1. The summed E-state index contributed by atoms with van der Waals surface area (Å²) >= 11 is 0. The van der Waals surface area contributed by atoms with Crippen molar-refractivity contribution in [2.45, 2.75) is 13.8 Å². The normalized spacial score (nSPS) is 10.8. The second kappa shape index (κ2) is 4.97. The van der Waals surface area contributed by atoms with Crippen LogP contribution in [0.2, 0.25) is 0 Å². The zero-order chi connectivity index (χ0) is 14.1. The average Bonchev–Trinajstić information content (AvgIpc) is 2.46. The van der Waals surface area contributed by atoms with Gasteiger partial charge in [-0.25, -0.2) is 4.98 Å². The Bertz CT molecular complexity index is 777. The van der Waals surface area contributed by atoms with E-state index in [-0.39, 0.29) is 0 Å². The Labute approximate surface area is 119 Å². The predicted molar refractivity (Wildman–Crippen MR) is 83.2 cm³/mol. The van der Waals surface area contributed by atoms with Crippen LogP contribution in [0, 0.1) is 13.8 Å². The second-order valence-corrected chi connectivity index (χ2v) is 5.08. The molecule has 0 bridgehead atoms. The Kier molecular flexibility index (Phi) is 3.15. The van der Waals surface area contributed by atoms with E-state index in [1.165, 1.54) is 16.7 Å². The third kappa shape index (κ3) is 2.25. The van der Waals surface area contributed by atoms with E-state index >= 15 is 0 Å². The first-order chi connectivity index (χ1) is 9.67. The van der Waals surface area contributed by atoms with E-state index in [2.05, 4.69) is 44.2 Å². The molecular weight excluding hydrogens is 246 g/mol. The van der Waals surface area contributed by atoms with Crippen LogP contribution < -0.4 is 4.74 Å². The van der Waals surface area contributed by atoms with Crippen LogP contribution in [-0.2, 0) is 0 Å². The molecule has 0 aliphatic carbocycles. The first-order valence-corrected chi connectivity index (χ1v) is 6.70. The predicted octanol–water partition coefficient (Wildman–Crippen LogP) is 4.53. The van der Waals surface area contributed by atoms with Crippen molar-refractivity contribution in [3.63, 3.8) is 0 Å². The number of aromatic nitrogens is 1. The highest BCUT2D eigenvalue weighted by molar-refractivity contribution is 5.84. The SMILES string of the molecule is COc1ccc2nc(-c3cccc(C)c3)c(C)cc2c1. The van der Waals surface area contributed by atoms with Crippen molar-refractivity contribution in [1.29, 1.82) is 0 Å². The first kappa shape index (κ1) is 12.7. The Morgan fingerprint density at radius 3 is 2.55 bits per heavy atom. The molecule has 2 aromatic carbocycles. The Morgan fingerprint density at radius 2 is 1.80 bits per heavy atom. The molecule has 0 unspecified atom stereocenters. The van der Waals surface area contributed by atoms with E-state index < -0.39 is 0 Å². The largest absolute Gasteiger partial charge is 0.497 e. The van der Waals surface area contributed by atoms with Gasteiger partial charge in [0.1, 0.15) is 5.75 Å². The van der Waals surface area contributed by atoms with Gasteiger partial charge in [0, 0.05) is 10.9 Å². The Balaban J connectivity index is 2.20. The van der Waals surface area contributed by atoms with Gasteiger partial charge in [-0.2, -0.15) is 0 Å². The smallest absolute Gasteiger partial charge is 0.119 e. The highest BCUT2D eigenvalue weighted by Gasteiger charge is 2.07. The summed E-state index contributed by atoms with van der Waals surface area (Å²) < 4.78 is 5.26. The molecule has 0 spiro atoms. The lowest BCUT2D eigenvalue weighted by atomic mass is 10.0. The molecule has 20 heavy (non-hydrogen) atoms. The molecule has 100 valence electrons. The quantitative estimate of drug-likeness (QED) is 0.677. The molecule has 2 nitrogen and oxygen atoms in total. The molecule has 2 heteroatoms. The van der Waals surface area contributed by atoms with Gasteiger partial charge in [-0.1, -0.05) is 23.8 Å². The number of ether oxygens (including phenoxy) is 1. The number of methoxy groups -OCH3 is 1. The number of aryl methyl sites for hydroxylation is 2. The number of hydrogen-bond donors (Lipinski definition) is 0. The van der Waals surface area contributed by atoms with Gasteiger partial charge in [-0.3, -0.25) is 0 Å². The first-order valence-electron chi connectivity index (χ1n) is 6.70. The molecule has 3 aromatic rings. The van der Waals surface area contributed by atoms with Gasteiger partial charge in [0.2, 0.25) is 0 Å². The summed E-state index contributed by atoms with van der Waals surface area (Å²) in [5.41, 5.74) is 5.63. The van der Waals surface area contributed by atoms with E-state index in [4.69, 9.17) is 9.72 Å². The fourth-order valence-corrected chi connectivity index (χ4v) is 2.47. The van der Waals surface area contributed by atoms with E-state index in [0.29, 0.717) is 0 Å². The van der Waals surface area contributed by atoms with Gasteiger partial charge in [-0.05, 0) is 49.7 Å². The maximum absolute atomic E-state index is 5.26. The van der Waals surface area contributed by atoms with E-state index in [1.54, 1.807) is 7.11 Å². The molecule has 3 rings (SSSR count). The molecule has 0 saturated heterocycles. The van der Waals surface area contributed by atoms with Gasteiger partial charge >= 0.3 is 0 Å². The van der Waals surface area contributed by atoms with Crippen molar-refractivity contribution < 1.29 is 4.74 Å². The molecular formula is C18H17NO. The van der Waals surface area contributed by atoms with Crippen molar-refractivity contribution in [2.75, 3.05) is 7.11 Å². The van der Waals surface area contributed by atoms with Crippen LogP contribution in [0.1, 0.15) is 11.1 Å². The molecule has 0 fully saturated rings. The highest BCUT2D eigenvalue weighted by atomic mass is 16.5. The maximum atomic E-state index is 5.26. The van der Waals surface area contributed by atoms with Crippen molar-refractivity contribution in [1.82, 2.24) is 4.98 Å². The lowest BCUT2D eigenvalue weighted by Gasteiger charge is -2.09. The number of rotatable bonds is 2. The van der Waals surface area contributed by atoms with Gasteiger partial charge in [0.15, 0.2) is 0 Å². The van der Waals surface area contributed by atoms with Gasteiger partial charge < -0.3 is 4.74 Å². The monoisotopic (exact) mass is 263 g/mol. The zero-order valence-electron chi connectivity index (χ0n) is 12.0. The summed E-state index contributed by atoms with van der Waals surface area (Å²) in [6.07, 6.45) is 0. The summed E-state index contributed by atoms with van der Waals surface area (Å²) in [6, 6.07) is 16.6. The third-order valence-electron chi connectivity index (χ3n) is 3.50. The number of nitrogens with zero attached hydrogens (tertiary/aromatic N) is 1. The molecule has 0 N–H and O–H groups in total.